The maximum Gasteiger partial charge on any atom is 0.208 e. The summed E-state index contributed by atoms with van der Waals surface area (Å²) in [6.45, 7) is 4.57. The Morgan fingerprint density at radius 2 is 1.89 bits per heavy atom. The van der Waals surface area contributed by atoms with Crippen molar-refractivity contribution < 1.29 is 17.9 Å². The smallest absolute Gasteiger partial charge is 0.208 e. The third kappa shape index (κ3) is 8.87. The summed E-state index contributed by atoms with van der Waals surface area (Å²) in [4.78, 5) is 0. The second kappa shape index (κ2) is 10.2. The third-order valence-corrected chi connectivity index (χ3v) is 5.80. The van der Waals surface area contributed by atoms with Crippen LogP contribution in [0, 0.1) is 11.7 Å². The average Bonchev–Trinajstić information content (AvgIpc) is 2.53. The summed E-state index contributed by atoms with van der Waals surface area (Å²) in [6.07, 6.45) is 5.11. The lowest BCUT2D eigenvalue weighted by Crippen LogP contribution is -2.44. The van der Waals surface area contributed by atoms with Gasteiger partial charge in [-0.3, -0.25) is 0 Å². The van der Waals surface area contributed by atoms with Crippen LogP contribution in [0.1, 0.15) is 57.6 Å². The van der Waals surface area contributed by atoms with Crippen LogP contribution >= 0.6 is 12.4 Å². The maximum absolute atomic E-state index is 13.3. The molecular weight excluding hydrogens is 391 g/mol. The van der Waals surface area contributed by atoms with Gasteiger partial charge in [0.25, 0.3) is 0 Å². The van der Waals surface area contributed by atoms with Crippen molar-refractivity contribution in [2.45, 2.75) is 63.6 Å². The van der Waals surface area contributed by atoms with E-state index in [-0.39, 0.29) is 29.8 Å². The molecule has 0 saturated heterocycles. The monoisotopic (exact) mass is 422 g/mol. The van der Waals surface area contributed by atoms with Gasteiger partial charge in [0.2, 0.25) is 10.0 Å². The van der Waals surface area contributed by atoms with E-state index in [1.54, 1.807) is 12.1 Å². The van der Waals surface area contributed by atoms with E-state index in [0.717, 1.165) is 32.1 Å². The molecule has 2 rings (SSSR count). The molecule has 27 heavy (non-hydrogen) atoms. The Labute approximate surface area is 168 Å². The van der Waals surface area contributed by atoms with Gasteiger partial charge in [0.1, 0.15) is 5.82 Å². The molecule has 1 fully saturated rings. The molecule has 1 aliphatic carbocycles. The Hall–Kier alpha value is -0.730. The number of hydrogen-bond acceptors (Lipinski definition) is 4. The molecule has 0 amide bonds. The number of aliphatic hydroxyl groups excluding tert-OH is 1. The third-order valence-electron chi connectivity index (χ3n) is 5.03. The van der Waals surface area contributed by atoms with Crippen molar-refractivity contribution in [3.8, 4) is 0 Å². The fraction of sp³-hybridized carbons (Fsp3) is 0.684. The number of nitrogens with one attached hydrogen (secondary N) is 2. The lowest BCUT2D eigenvalue weighted by atomic mass is 9.79. The van der Waals surface area contributed by atoms with Crippen LogP contribution in [0.3, 0.4) is 0 Å². The minimum Gasteiger partial charge on any atom is -0.387 e. The van der Waals surface area contributed by atoms with E-state index in [2.05, 4.69) is 23.9 Å². The van der Waals surface area contributed by atoms with E-state index < -0.39 is 16.1 Å². The quantitative estimate of drug-likeness (QED) is 0.601. The lowest BCUT2D eigenvalue weighted by Gasteiger charge is -2.35. The SMILES string of the molecule is CC(C)(CC1CCC(NS(C)(=O)=O)CC1)NC[C@H](O)c1cccc(F)c1.Cl. The first-order chi connectivity index (χ1) is 12.0. The molecule has 0 spiro atoms. The van der Waals surface area contributed by atoms with Crippen molar-refractivity contribution in [2.24, 2.45) is 5.92 Å². The summed E-state index contributed by atoms with van der Waals surface area (Å²) in [6, 6.07) is 6.09. The number of aliphatic hydroxyl groups is 1. The number of sulfonamides is 1. The van der Waals surface area contributed by atoms with Crippen LogP contribution in [-0.4, -0.2) is 37.9 Å². The second-order valence-electron chi connectivity index (χ2n) is 8.15. The Bertz CT molecular complexity index is 692. The van der Waals surface area contributed by atoms with Gasteiger partial charge >= 0.3 is 0 Å². The summed E-state index contributed by atoms with van der Waals surface area (Å²) in [5.74, 6) is 0.182. The van der Waals surface area contributed by atoms with Crippen molar-refractivity contribution >= 4 is 22.4 Å². The highest BCUT2D eigenvalue weighted by molar-refractivity contribution is 7.88. The normalized spacial score (nSPS) is 22.1. The highest BCUT2D eigenvalue weighted by Gasteiger charge is 2.28. The fourth-order valence-electron chi connectivity index (χ4n) is 3.79. The van der Waals surface area contributed by atoms with Crippen molar-refractivity contribution in [1.29, 1.82) is 0 Å². The standard InChI is InChI=1S/C19H31FN2O3S.ClH/c1-19(2,21-13-18(23)15-5-4-6-16(20)11-15)12-14-7-9-17(10-8-14)22-26(3,24)25;/h4-6,11,14,17-18,21-23H,7-10,12-13H2,1-3H3;1H/t14?,17?,18-;/m0./s1. The zero-order valence-electron chi connectivity index (χ0n) is 16.2. The van der Waals surface area contributed by atoms with E-state index in [0.29, 0.717) is 18.0 Å². The minimum absolute atomic E-state index is 0. The first kappa shape index (κ1) is 24.3. The molecule has 0 bridgehead atoms. The van der Waals surface area contributed by atoms with Gasteiger partial charge in [-0.25, -0.2) is 17.5 Å². The molecule has 1 aromatic rings. The highest BCUT2D eigenvalue weighted by Crippen LogP contribution is 2.31. The first-order valence-corrected chi connectivity index (χ1v) is 11.1. The highest BCUT2D eigenvalue weighted by atomic mass is 35.5. The average molecular weight is 423 g/mol. The van der Waals surface area contributed by atoms with Crippen molar-refractivity contribution in [3.63, 3.8) is 0 Å². The van der Waals surface area contributed by atoms with Crippen molar-refractivity contribution in [2.75, 3.05) is 12.8 Å². The van der Waals surface area contributed by atoms with E-state index in [1.807, 2.05) is 0 Å². The lowest BCUT2D eigenvalue weighted by molar-refractivity contribution is 0.149. The molecule has 5 nitrogen and oxygen atoms in total. The molecule has 0 unspecified atom stereocenters. The van der Waals surface area contributed by atoms with Crippen molar-refractivity contribution in [1.82, 2.24) is 10.0 Å². The number of β-amino-alcohol motifs (C(OH)–C–C–N with tert-alkyl or cyclic N) is 1. The van der Waals surface area contributed by atoms with Crippen LogP contribution in [0.25, 0.3) is 0 Å². The first-order valence-electron chi connectivity index (χ1n) is 9.20. The number of rotatable bonds is 8. The number of halogens is 2. The van der Waals surface area contributed by atoms with Gasteiger partial charge in [0.15, 0.2) is 0 Å². The predicted molar refractivity (Wildman–Crippen MR) is 109 cm³/mol. The molecule has 8 heteroatoms. The molecule has 3 N–H and O–H groups in total. The Morgan fingerprint density at radius 1 is 1.26 bits per heavy atom. The molecule has 0 aromatic heterocycles. The Morgan fingerprint density at radius 3 is 2.44 bits per heavy atom. The topological polar surface area (TPSA) is 78.4 Å². The van der Waals surface area contributed by atoms with Gasteiger partial charge in [-0.15, -0.1) is 12.4 Å². The summed E-state index contributed by atoms with van der Waals surface area (Å²) in [7, 11) is -3.14. The van der Waals surface area contributed by atoms with Crippen LogP contribution < -0.4 is 10.0 Å². The van der Waals surface area contributed by atoms with Crippen LogP contribution in [0.15, 0.2) is 24.3 Å². The fourth-order valence-corrected chi connectivity index (χ4v) is 4.63. The van der Waals surface area contributed by atoms with Crippen LogP contribution in [-0.2, 0) is 10.0 Å². The summed E-state index contributed by atoms with van der Waals surface area (Å²) in [5.41, 5.74) is 0.413. The summed E-state index contributed by atoms with van der Waals surface area (Å²) in [5, 5.41) is 13.7. The maximum atomic E-state index is 13.3. The molecule has 156 valence electrons. The van der Waals surface area contributed by atoms with E-state index >= 15 is 0 Å². The van der Waals surface area contributed by atoms with E-state index in [9.17, 15) is 17.9 Å². The van der Waals surface area contributed by atoms with Gasteiger partial charge in [-0.2, -0.15) is 0 Å². The molecule has 0 heterocycles. The van der Waals surface area contributed by atoms with Gasteiger partial charge < -0.3 is 10.4 Å². The van der Waals surface area contributed by atoms with Crippen molar-refractivity contribution in [3.05, 3.63) is 35.6 Å². The molecule has 0 aliphatic heterocycles. The molecule has 1 atom stereocenters. The zero-order valence-corrected chi connectivity index (χ0v) is 17.9. The van der Waals surface area contributed by atoms with Crippen LogP contribution in [0.4, 0.5) is 4.39 Å². The molecule has 0 radical (unpaired) electrons. The second-order valence-corrected chi connectivity index (χ2v) is 9.93. The predicted octanol–water partition coefficient (Wildman–Crippen LogP) is 3.15. The molecular formula is C19H32ClFN2O3S. The van der Waals surface area contributed by atoms with E-state index in [1.165, 1.54) is 18.4 Å². The summed E-state index contributed by atoms with van der Waals surface area (Å²) < 4.78 is 38.6. The number of hydrogen-bond donors (Lipinski definition) is 3. The van der Waals surface area contributed by atoms with E-state index in [4.69, 9.17) is 0 Å². The zero-order chi connectivity index (χ0) is 19.4. The Kier molecular flexibility index (Phi) is 9.15. The van der Waals surface area contributed by atoms with Gasteiger partial charge in [-0.1, -0.05) is 12.1 Å². The Balaban J connectivity index is 0.00000364. The largest absolute Gasteiger partial charge is 0.387 e. The van der Waals surface area contributed by atoms with Gasteiger partial charge in [0, 0.05) is 18.1 Å². The van der Waals surface area contributed by atoms with Crippen LogP contribution in [0.2, 0.25) is 0 Å². The van der Waals surface area contributed by atoms with Gasteiger partial charge in [0.05, 0.1) is 12.4 Å². The summed E-state index contributed by atoms with van der Waals surface area (Å²) >= 11 is 0. The van der Waals surface area contributed by atoms with Crippen LogP contribution in [0.5, 0.6) is 0 Å². The van der Waals surface area contributed by atoms with Gasteiger partial charge in [-0.05, 0) is 69.6 Å². The molecule has 1 aliphatic rings. The molecule has 1 aromatic carbocycles. The number of benzene rings is 1. The molecule has 1 saturated carbocycles. The minimum atomic E-state index is -3.14.